The third-order valence-corrected chi connectivity index (χ3v) is 5.66. The van der Waals surface area contributed by atoms with E-state index < -0.39 is 5.72 Å². The van der Waals surface area contributed by atoms with Gasteiger partial charge in [-0.3, -0.25) is 10.3 Å². The zero-order valence-corrected chi connectivity index (χ0v) is 15.1. The first-order valence-corrected chi connectivity index (χ1v) is 9.26. The number of esters is 1. The zero-order chi connectivity index (χ0) is 18.4. The van der Waals surface area contributed by atoms with Gasteiger partial charge in [-0.2, -0.15) is 0 Å². The van der Waals surface area contributed by atoms with Crippen molar-refractivity contribution in [1.29, 1.82) is 0 Å². The van der Waals surface area contributed by atoms with Crippen LogP contribution >= 0.6 is 0 Å². The normalized spacial score (nSPS) is 24.3. The number of methoxy groups -OCH3 is 1. The summed E-state index contributed by atoms with van der Waals surface area (Å²) in [5.74, 6) is -0.384. The van der Waals surface area contributed by atoms with Crippen LogP contribution in [0.2, 0.25) is 0 Å². The van der Waals surface area contributed by atoms with Crippen molar-refractivity contribution in [3.05, 3.63) is 65.1 Å². The molecular formula is C21H21N3O3. The van der Waals surface area contributed by atoms with Gasteiger partial charge in [0, 0.05) is 35.4 Å². The molecule has 138 valence electrons. The number of pyridine rings is 1. The topological polar surface area (TPSA) is 76.2 Å². The molecular weight excluding hydrogens is 342 g/mol. The molecule has 2 N–H and O–H groups in total. The summed E-state index contributed by atoms with van der Waals surface area (Å²) >= 11 is 0. The van der Waals surface area contributed by atoms with Gasteiger partial charge in [0.1, 0.15) is 0 Å². The molecule has 2 unspecified atom stereocenters. The summed E-state index contributed by atoms with van der Waals surface area (Å²) in [6.07, 6.45) is 5.87. The highest BCUT2D eigenvalue weighted by atomic mass is 16.5. The summed E-state index contributed by atoms with van der Waals surface area (Å²) in [5, 5.41) is 4.87. The van der Waals surface area contributed by atoms with E-state index in [4.69, 9.17) is 9.47 Å². The van der Waals surface area contributed by atoms with Crippen LogP contribution in [0.4, 0.5) is 0 Å². The molecule has 0 aliphatic carbocycles. The molecule has 27 heavy (non-hydrogen) atoms. The van der Waals surface area contributed by atoms with Gasteiger partial charge in [-0.15, -0.1) is 0 Å². The lowest BCUT2D eigenvalue weighted by Gasteiger charge is -2.35. The van der Waals surface area contributed by atoms with Crippen LogP contribution in [0, 0.1) is 0 Å². The van der Waals surface area contributed by atoms with E-state index in [2.05, 4.69) is 33.5 Å². The number of para-hydroxylation sites is 1. The molecule has 6 nitrogen and oxygen atoms in total. The number of carbonyl (C=O) groups is 1. The number of rotatable bonds is 2. The van der Waals surface area contributed by atoms with E-state index in [1.807, 2.05) is 12.1 Å². The minimum atomic E-state index is -0.515. The molecule has 1 spiro atoms. The maximum atomic E-state index is 11.8. The van der Waals surface area contributed by atoms with Crippen LogP contribution in [0.3, 0.4) is 0 Å². The predicted molar refractivity (Wildman–Crippen MR) is 100 cm³/mol. The average Bonchev–Trinajstić information content (AvgIpc) is 3.31. The van der Waals surface area contributed by atoms with Crippen molar-refractivity contribution in [2.24, 2.45) is 0 Å². The Kier molecular flexibility index (Phi) is 3.77. The molecule has 0 amide bonds. The van der Waals surface area contributed by atoms with Gasteiger partial charge in [-0.25, -0.2) is 4.79 Å². The van der Waals surface area contributed by atoms with Gasteiger partial charge in [0.2, 0.25) is 0 Å². The molecule has 1 saturated heterocycles. The molecule has 2 aliphatic rings. The minimum Gasteiger partial charge on any atom is -0.465 e. The Morgan fingerprint density at radius 2 is 2.22 bits per heavy atom. The zero-order valence-electron chi connectivity index (χ0n) is 15.1. The van der Waals surface area contributed by atoms with E-state index >= 15 is 0 Å². The van der Waals surface area contributed by atoms with Crippen molar-refractivity contribution in [3.63, 3.8) is 0 Å². The van der Waals surface area contributed by atoms with E-state index in [0.29, 0.717) is 5.56 Å². The fourth-order valence-electron chi connectivity index (χ4n) is 4.39. The van der Waals surface area contributed by atoms with Gasteiger partial charge in [-0.1, -0.05) is 18.2 Å². The van der Waals surface area contributed by atoms with Crippen molar-refractivity contribution >= 4 is 16.9 Å². The maximum Gasteiger partial charge on any atom is 0.339 e. The summed E-state index contributed by atoms with van der Waals surface area (Å²) < 4.78 is 11.4. The summed E-state index contributed by atoms with van der Waals surface area (Å²) in [6, 6.07) is 10.2. The monoisotopic (exact) mass is 363 g/mol. The fraction of sp³-hybridized carbons (Fsp3) is 0.333. The van der Waals surface area contributed by atoms with Crippen molar-refractivity contribution in [2.45, 2.75) is 31.1 Å². The van der Waals surface area contributed by atoms with E-state index in [-0.39, 0.29) is 12.1 Å². The third kappa shape index (κ3) is 2.56. The van der Waals surface area contributed by atoms with Gasteiger partial charge in [0.05, 0.1) is 24.5 Å². The Hall–Kier alpha value is -2.70. The van der Waals surface area contributed by atoms with E-state index in [1.54, 1.807) is 6.20 Å². The third-order valence-electron chi connectivity index (χ3n) is 5.66. The van der Waals surface area contributed by atoms with Crippen LogP contribution in [0.15, 0.2) is 42.7 Å². The maximum absolute atomic E-state index is 11.8. The SMILES string of the molecule is COC(=O)c1cncc(C2CCC3(NCCc4c3[nH]c3ccccc43)O2)c1. The lowest BCUT2D eigenvalue weighted by Crippen LogP contribution is -2.47. The molecule has 0 bridgehead atoms. The Balaban J connectivity index is 1.50. The number of hydrogen-bond acceptors (Lipinski definition) is 5. The molecule has 0 radical (unpaired) electrons. The Bertz CT molecular complexity index is 1030. The van der Waals surface area contributed by atoms with Crippen molar-refractivity contribution in [2.75, 3.05) is 13.7 Å². The number of hydrogen-bond donors (Lipinski definition) is 2. The van der Waals surface area contributed by atoms with Gasteiger partial charge in [0.25, 0.3) is 0 Å². The Morgan fingerprint density at radius 1 is 1.33 bits per heavy atom. The Morgan fingerprint density at radius 3 is 3.11 bits per heavy atom. The van der Waals surface area contributed by atoms with Gasteiger partial charge in [0.15, 0.2) is 5.72 Å². The molecule has 1 aromatic carbocycles. The van der Waals surface area contributed by atoms with Crippen LogP contribution in [0.5, 0.6) is 0 Å². The number of ether oxygens (including phenoxy) is 2. The van der Waals surface area contributed by atoms with Gasteiger partial charge < -0.3 is 14.5 Å². The fourth-order valence-corrected chi connectivity index (χ4v) is 4.39. The largest absolute Gasteiger partial charge is 0.465 e. The van der Waals surface area contributed by atoms with Crippen molar-refractivity contribution < 1.29 is 14.3 Å². The van der Waals surface area contributed by atoms with Crippen LogP contribution in [0.1, 0.15) is 46.1 Å². The number of aromatic nitrogens is 2. The second-order valence-electron chi connectivity index (χ2n) is 7.17. The number of nitrogens with one attached hydrogen (secondary N) is 2. The predicted octanol–water partition coefficient (Wildman–Crippen LogP) is 3.20. The number of aromatic amines is 1. The minimum absolute atomic E-state index is 0.119. The molecule has 0 saturated carbocycles. The summed E-state index contributed by atoms with van der Waals surface area (Å²) in [7, 11) is 1.37. The second-order valence-corrected chi connectivity index (χ2v) is 7.17. The Labute approximate surface area is 156 Å². The van der Waals surface area contributed by atoms with Crippen LogP contribution in [-0.2, 0) is 21.6 Å². The first kappa shape index (κ1) is 16.5. The van der Waals surface area contributed by atoms with Crippen molar-refractivity contribution in [3.8, 4) is 0 Å². The number of carbonyl (C=O) groups excluding carboxylic acids is 1. The standard InChI is InChI=1S/C21H21N3O3/c1-26-20(25)14-10-13(11-22-12-14)18-6-8-21(27-18)19-16(7-9-23-21)15-4-2-3-5-17(15)24-19/h2-5,10-12,18,23-24H,6-9H2,1H3. The van der Waals surface area contributed by atoms with Crippen LogP contribution in [0.25, 0.3) is 10.9 Å². The highest BCUT2D eigenvalue weighted by Gasteiger charge is 2.46. The molecule has 1 fully saturated rings. The molecule has 3 aromatic rings. The average molecular weight is 363 g/mol. The molecule has 2 atom stereocenters. The first-order chi connectivity index (χ1) is 13.2. The first-order valence-electron chi connectivity index (χ1n) is 9.26. The molecule has 6 heteroatoms. The number of benzene rings is 1. The lowest BCUT2D eigenvalue weighted by molar-refractivity contribution is -0.0779. The number of H-pyrrole nitrogens is 1. The van der Waals surface area contributed by atoms with Gasteiger partial charge in [-0.05, 0) is 37.0 Å². The highest BCUT2D eigenvalue weighted by molar-refractivity contribution is 5.89. The molecule has 2 aliphatic heterocycles. The summed E-state index contributed by atoms with van der Waals surface area (Å²) in [4.78, 5) is 19.6. The summed E-state index contributed by atoms with van der Waals surface area (Å²) in [5.41, 5.74) is 4.45. The number of fused-ring (bicyclic) bond motifs is 4. The second kappa shape index (κ2) is 6.18. The van der Waals surface area contributed by atoms with Gasteiger partial charge >= 0.3 is 5.97 Å². The highest BCUT2D eigenvalue weighted by Crippen LogP contribution is 2.47. The van der Waals surface area contributed by atoms with E-state index in [9.17, 15) is 4.79 Å². The molecule has 5 rings (SSSR count). The van der Waals surface area contributed by atoms with Crippen molar-refractivity contribution in [1.82, 2.24) is 15.3 Å². The quantitative estimate of drug-likeness (QED) is 0.684. The van der Waals surface area contributed by atoms with E-state index in [0.717, 1.165) is 42.6 Å². The number of nitrogens with zero attached hydrogens (tertiary/aromatic N) is 1. The smallest absolute Gasteiger partial charge is 0.339 e. The molecule has 4 heterocycles. The lowest BCUT2D eigenvalue weighted by atomic mass is 9.94. The van der Waals surface area contributed by atoms with Crippen LogP contribution in [-0.4, -0.2) is 29.6 Å². The van der Waals surface area contributed by atoms with Crippen LogP contribution < -0.4 is 5.32 Å². The molecule has 2 aromatic heterocycles. The van der Waals surface area contributed by atoms with E-state index in [1.165, 1.54) is 24.3 Å². The summed E-state index contributed by atoms with van der Waals surface area (Å²) in [6.45, 7) is 0.877.